The van der Waals surface area contributed by atoms with Crippen LogP contribution in [-0.4, -0.2) is 5.78 Å². The van der Waals surface area contributed by atoms with Crippen LogP contribution in [0.5, 0.6) is 0 Å². The molecule has 0 heterocycles. The molecule has 90 valence electrons. The first-order valence-electron chi connectivity index (χ1n) is 5.39. The predicted octanol–water partition coefficient (Wildman–Crippen LogP) is 5.00. The maximum Gasteiger partial charge on any atom is 0.185 e. The lowest BCUT2D eigenvalue weighted by molar-refractivity contribution is 0.104. The molecule has 18 heavy (non-hydrogen) atoms. The smallest absolute Gasteiger partial charge is 0.185 e. The molecule has 0 N–H and O–H groups in total. The summed E-state index contributed by atoms with van der Waals surface area (Å²) in [6.07, 6.45) is 3.34. The molecule has 0 saturated carbocycles. The van der Waals surface area contributed by atoms with Crippen molar-refractivity contribution in [3.05, 3.63) is 75.2 Å². The molecule has 0 atom stereocenters. The van der Waals surface area contributed by atoms with Gasteiger partial charge in [0, 0.05) is 15.1 Å². The van der Waals surface area contributed by atoms with Crippen molar-refractivity contribution in [1.29, 1.82) is 0 Å². The van der Waals surface area contributed by atoms with Crippen LogP contribution in [0.25, 0.3) is 6.08 Å². The molecule has 1 nitrogen and oxygen atoms in total. The molecule has 0 saturated heterocycles. The largest absolute Gasteiger partial charge is 0.289 e. The van der Waals surface area contributed by atoms with Crippen LogP contribution in [0.3, 0.4) is 0 Å². The number of hydrogen-bond donors (Lipinski definition) is 0. The summed E-state index contributed by atoms with van der Waals surface area (Å²) in [7, 11) is 0. The summed E-state index contributed by atoms with van der Waals surface area (Å²) in [6.45, 7) is 0. The first-order chi connectivity index (χ1) is 8.65. The molecule has 0 radical (unpaired) electrons. The van der Waals surface area contributed by atoms with Crippen LogP contribution in [-0.2, 0) is 0 Å². The van der Waals surface area contributed by atoms with E-state index < -0.39 is 0 Å². The molecule has 0 unspecified atom stereocenters. The summed E-state index contributed by atoms with van der Waals surface area (Å²) in [6, 6.07) is 14.6. The van der Waals surface area contributed by atoms with Gasteiger partial charge in [0.05, 0.1) is 0 Å². The van der Waals surface area contributed by atoms with Gasteiger partial charge in [-0.15, -0.1) is 0 Å². The summed E-state index contributed by atoms with van der Waals surface area (Å²) in [4.78, 5) is 11.9. The molecule has 2 rings (SSSR count). The summed E-state index contributed by atoms with van der Waals surface area (Å²) >= 11 is 9.13. The van der Waals surface area contributed by atoms with E-state index in [4.69, 9.17) is 11.6 Å². The highest BCUT2D eigenvalue weighted by molar-refractivity contribution is 9.10. The monoisotopic (exact) mass is 320 g/mol. The number of allylic oxidation sites excluding steroid dienone is 1. The highest BCUT2D eigenvalue weighted by atomic mass is 79.9. The predicted molar refractivity (Wildman–Crippen MR) is 79.0 cm³/mol. The van der Waals surface area contributed by atoms with E-state index in [1.165, 1.54) is 0 Å². The zero-order valence-electron chi connectivity index (χ0n) is 9.44. The van der Waals surface area contributed by atoms with E-state index in [-0.39, 0.29) is 5.78 Å². The fourth-order valence-corrected chi connectivity index (χ4v) is 2.01. The van der Waals surface area contributed by atoms with Gasteiger partial charge < -0.3 is 0 Å². The zero-order chi connectivity index (χ0) is 13.0. The van der Waals surface area contributed by atoms with Crippen LogP contribution in [0.2, 0.25) is 5.02 Å². The van der Waals surface area contributed by atoms with E-state index >= 15 is 0 Å². The minimum absolute atomic E-state index is 0.0220. The molecular formula is C15H10BrClO. The standard InChI is InChI=1S/C15H10BrClO/c16-13-3-1-2-12(10-13)15(18)9-6-11-4-7-14(17)8-5-11/h1-10H/b9-6+. The maximum absolute atomic E-state index is 11.9. The fourth-order valence-electron chi connectivity index (χ4n) is 1.48. The van der Waals surface area contributed by atoms with E-state index in [0.29, 0.717) is 10.6 Å². The van der Waals surface area contributed by atoms with Crippen molar-refractivity contribution >= 4 is 39.4 Å². The topological polar surface area (TPSA) is 17.1 Å². The van der Waals surface area contributed by atoms with Crippen molar-refractivity contribution in [3.8, 4) is 0 Å². The molecule has 2 aromatic carbocycles. The molecule has 0 aliphatic carbocycles. The Morgan fingerprint density at radius 2 is 1.83 bits per heavy atom. The second kappa shape index (κ2) is 5.98. The van der Waals surface area contributed by atoms with E-state index in [2.05, 4.69) is 15.9 Å². The van der Waals surface area contributed by atoms with Gasteiger partial charge >= 0.3 is 0 Å². The second-order valence-corrected chi connectivity index (χ2v) is 5.11. The lowest BCUT2D eigenvalue weighted by Crippen LogP contribution is -1.93. The van der Waals surface area contributed by atoms with E-state index in [9.17, 15) is 4.79 Å². The Morgan fingerprint density at radius 1 is 1.11 bits per heavy atom. The quantitative estimate of drug-likeness (QED) is 0.574. The minimum Gasteiger partial charge on any atom is -0.289 e. The van der Waals surface area contributed by atoms with Crippen LogP contribution in [0.15, 0.2) is 59.1 Å². The van der Waals surface area contributed by atoms with Crippen molar-refractivity contribution < 1.29 is 4.79 Å². The van der Waals surface area contributed by atoms with Crippen molar-refractivity contribution in [2.24, 2.45) is 0 Å². The van der Waals surface area contributed by atoms with E-state index in [1.807, 2.05) is 24.3 Å². The summed E-state index contributed by atoms with van der Waals surface area (Å²) in [5.74, 6) is -0.0220. The van der Waals surface area contributed by atoms with Crippen LogP contribution < -0.4 is 0 Å². The van der Waals surface area contributed by atoms with Crippen molar-refractivity contribution in [3.63, 3.8) is 0 Å². The second-order valence-electron chi connectivity index (χ2n) is 3.76. The van der Waals surface area contributed by atoms with E-state index in [1.54, 1.807) is 36.4 Å². The van der Waals surface area contributed by atoms with Gasteiger partial charge in [-0.25, -0.2) is 0 Å². The van der Waals surface area contributed by atoms with Gasteiger partial charge in [-0.1, -0.05) is 57.9 Å². The highest BCUT2D eigenvalue weighted by Crippen LogP contribution is 2.14. The molecule has 0 amide bonds. The normalized spacial score (nSPS) is 10.8. The SMILES string of the molecule is O=C(/C=C/c1ccc(Cl)cc1)c1cccc(Br)c1. The van der Waals surface area contributed by atoms with Gasteiger partial charge in [0.25, 0.3) is 0 Å². The van der Waals surface area contributed by atoms with Gasteiger partial charge in [0.15, 0.2) is 5.78 Å². The highest BCUT2D eigenvalue weighted by Gasteiger charge is 2.01. The Kier molecular flexibility index (Phi) is 4.34. The number of halogens is 2. The molecule has 0 spiro atoms. The van der Waals surface area contributed by atoms with Crippen molar-refractivity contribution in [2.45, 2.75) is 0 Å². The average molecular weight is 322 g/mol. The van der Waals surface area contributed by atoms with Gasteiger partial charge in [-0.05, 0) is 35.9 Å². The van der Waals surface area contributed by atoms with Gasteiger partial charge in [0.2, 0.25) is 0 Å². The average Bonchev–Trinajstić information content (AvgIpc) is 2.38. The van der Waals surface area contributed by atoms with Crippen molar-refractivity contribution in [1.82, 2.24) is 0 Å². The lowest BCUT2D eigenvalue weighted by atomic mass is 10.1. The Morgan fingerprint density at radius 3 is 2.50 bits per heavy atom. The molecule has 0 aliphatic heterocycles. The number of hydrogen-bond acceptors (Lipinski definition) is 1. The zero-order valence-corrected chi connectivity index (χ0v) is 11.8. The number of carbonyl (C=O) groups excluding carboxylic acids is 1. The molecule has 0 bridgehead atoms. The van der Waals surface area contributed by atoms with Crippen LogP contribution >= 0.6 is 27.5 Å². The fraction of sp³-hybridized carbons (Fsp3) is 0. The number of ketones is 1. The first kappa shape index (κ1) is 13.1. The molecule has 3 heteroatoms. The Hall–Kier alpha value is -1.38. The molecule has 2 aromatic rings. The number of rotatable bonds is 3. The van der Waals surface area contributed by atoms with Crippen molar-refractivity contribution in [2.75, 3.05) is 0 Å². The minimum atomic E-state index is -0.0220. The third kappa shape index (κ3) is 3.56. The third-order valence-corrected chi connectivity index (χ3v) is 3.15. The molecular weight excluding hydrogens is 312 g/mol. The summed E-state index contributed by atoms with van der Waals surface area (Å²) in [5, 5.41) is 0.686. The third-order valence-electron chi connectivity index (χ3n) is 2.41. The number of carbonyl (C=O) groups is 1. The first-order valence-corrected chi connectivity index (χ1v) is 6.56. The summed E-state index contributed by atoms with van der Waals surface area (Å²) in [5.41, 5.74) is 1.61. The molecule has 0 fully saturated rings. The van der Waals surface area contributed by atoms with Crippen LogP contribution in [0.1, 0.15) is 15.9 Å². The van der Waals surface area contributed by atoms with Gasteiger partial charge in [-0.2, -0.15) is 0 Å². The Labute approximate surface area is 119 Å². The van der Waals surface area contributed by atoms with Gasteiger partial charge in [-0.3, -0.25) is 4.79 Å². The Bertz CT molecular complexity index is 588. The number of benzene rings is 2. The summed E-state index contributed by atoms with van der Waals surface area (Å²) < 4.78 is 0.897. The molecule has 0 aliphatic rings. The Balaban J connectivity index is 2.14. The molecule has 0 aromatic heterocycles. The lowest BCUT2D eigenvalue weighted by Gasteiger charge is -1.97. The maximum atomic E-state index is 11.9. The van der Waals surface area contributed by atoms with E-state index in [0.717, 1.165) is 10.0 Å². The van der Waals surface area contributed by atoms with Crippen LogP contribution in [0.4, 0.5) is 0 Å². The van der Waals surface area contributed by atoms with Gasteiger partial charge in [0.1, 0.15) is 0 Å². The van der Waals surface area contributed by atoms with Crippen LogP contribution in [0, 0.1) is 0 Å².